The molecule has 1 aliphatic heterocycles. The molecule has 128 valence electrons. The number of hydrogen-bond donors (Lipinski definition) is 2. The van der Waals surface area contributed by atoms with E-state index in [1.54, 1.807) is 0 Å². The normalized spacial score (nSPS) is 16.5. The minimum atomic E-state index is 0. The Hall–Kier alpha value is -1.28. The Kier molecular flexibility index (Phi) is 7.36. The number of ether oxygens (including phenoxy) is 1. The van der Waals surface area contributed by atoms with Gasteiger partial charge in [-0.25, -0.2) is 0 Å². The van der Waals surface area contributed by atoms with Gasteiger partial charge in [-0.15, -0.1) is 24.0 Å². The van der Waals surface area contributed by atoms with Crippen LogP contribution in [0.2, 0.25) is 0 Å². The fourth-order valence-corrected chi connectivity index (χ4v) is 2.94. The summed E-state index contributed by atoms with van der Waals surface area (Å²) >= 11 is 3.44. The highest BCUT2D eigenvalue weighted by Crippen LogP contribution is 2.31. The third-order valence-corrected chi connectivity index (χ3v) is 4.41. The first-order chi connectivity index (χ1) is 11.2. The van der Waals surface area contributed by atoms with Gasteiger partial charge < -0.3 is 15.8 Å². The van der Waals surface area contributed by atoms with Crippen molar-refractivity contribution in [3.8, 4) is 5.75 Å². The zero-order chi connectivity index (χ0) is 16.1. The monoisotopic (exact) mass is 501 g/mol. The molecule has 1 atom stereocenters. The number of rotatable bonds is 4. The van der Waals surface area contributed by atoms with Crippen LogP contribution in [0.5, 0.6) is 5.75 Å². The van der Waals surface area contributed by atoms with Crippen LogP contribution in [0.1, 0.15) is 23.6 Å². The highest BCUT2D eigenvalue weighted by Gasteiger charge is 2.21. The van der Waals surface area contributed by atoms with Crippen molar-refractivity contribution in [2.24, 2.45) is 10.7 Å². The summed E-state index contributed by atoms with van der Waals surface area (Å²) in [6, 6.07) is 16.5. The summed E-state index contributed by atoms with van der Waals surface area (Å²) in [5, 5.41) is 3.31. The molecule has 0 amide bonds. The number of fused-ring (bicyclic) bond motifs is 1. The molecular formula is C18H21BrIN3O. The predicted octanol–water partition coefficient (Wildman–Crippen LogP) is 4.04. The molecule has 6 heteroatoms. The Labute approximate surface area is 168 Å². The van der Waals surface area contributed by atoms with Gasteiger partial charge in [0.2, 0.25) is 0 Å². The first-order valence-electron chi connectivity index (χ1n) is 7.75. The number of halogens is 2. The quantitative estimate of drug-likeness (QED) is 0.377. The topological polar surface area (TPSA) is 59.6 Å². The highest BCUT2D eigenvalue weighted by molar-refractivity contribution is 14.0. The largest absolute Gasteiger partial charge is 0.493 e. The van der Waals surface area contributed by atoms with Crippen molar-refractivity contribution in [2.45, 2.75) is 18.9 Å². The molecule has 0 fully saturated rings. The van der Waals surface area contributed by atoms with Crippen LogP contribution in [0, 0.1) is 0 Å². The van der Waals surface area contributed by atoms with Gasteiger partial charge in [-0.05, 0) is 30.2 Å². The van der Waals surface area contributed by atoms with E-state index in [-0.39, 0.29) is 30.0 Å². The molecule has 1 aliphatic rings. The molecule has 1 unspecified atom stereocenters. The summed E-state index contributed by atoms with van der Waals surface area (Å²) in [5.41, 5.74) is 8.43. The number of nitrogens with zero attached hydrogens (tertiary/aromatic N) is 1. The van der Waals surface area contributed by atoms with Crippen LogP contribution in [0.4, 0.5) is 0 Å². The van der Waals surface area contributed by atoms with Crippen LogP contribution in [0.15, 0.2) is 58.0 Å². The van der Waals surface area contributed by atoms with Gasteiger partial charge in [0.1, 0.15) is 5.75 Å². The van der Waals surface area contributed by atoms with E-state index in [1.165, 1.54) is 5.56 Å². The summed E-state index contributed by atoms with van der Waals surface area (Å²) in [6.45, 7) is 1.37. The first kappa shape index (κ1) is 19.1. The summed E-state index contributed by atoms with van der Waals surface area (Å²) in [6.07, 6.45) is 1.76. The lowest BCUT2D eigenvalue weighted by atomic mass is 10.0. The first-order valence-corrected chi connectivity index (χ1v) is 8.54. The Balaban J connectivity index is 0.00000208. The lowest BCUT2D eigenvalue weighted by Gasteiger charge is -2.26. The van der Waals surface area contributed by atoms with Crippen molar-refractivity contribution in [3.05, 3.63) is 64.1 Å². The number of guanidine groups is 1. The van der Waals surface area contributed by atoms with E-state index in [2.05, 4.69) is 44.4 Å². The molecule has 0 aliphatic carbocycles. The molecule has 0 spiro atoms. The van der Waals surface area contributed by atoms with Gasteiger partial charge in [-0.1, -0.05) is 46.3 Å². The van der Waals surface area contributed by atoms with Crippen LogP contribution in [-0.2, 0) is 6.42 Å². The van der Waals surface area contributed by atoms with E-state index >= 15 is 0 Å². The molecule has 24 heavy (non-hydrogen) atoms. The lowest BCUT2D eigenvalue weighted by molar-refractivity contribution is 0.262. The summed E-state index contributed by atoms with van der Waals surface area (Å²) in [7, 11) is 0. The Bertz CT molecular complexity index is 691. The molecule has 0 bridgehead atoms. The third-order valence-electron chi connectivity index (χ3n) is 3.88. The number of benzene rings is 2. The molecule has 1 heterocycles. The minimum absolute atomic E-state index is 0. The van der Waals surface area contributed by atoms with Crippen molar-refractivity contribution < 1.29 is 4.74 Å². The van der Waals surface area contributed by atoms with Crippen LogP contribution in [0.25, 0.3) is 0 Å². The average molecular weight is 502 g/mol. The minimum Gasteiger partial charge on any atom is -0.493 e. The van der Waals surface area contributed by atoms with Crippen molar-refractivity contribution in [3.63, 3.8) is 0 Å². The van der Waals surface area contributed by atoms with Crippen molar-refractivity contribution in [2.75, 3.05) is 13.2 Å². The van der Waals surface area contributed by atoms with E-state index in [1.807, 2.05) is 30.3 Å². The van der Waals surface area contributed by atoms with Crippen molar-refractivity contribution in [1.29, 1.82) is 0 Å². The van der Waals surface area contributed by atoms with Gasteiger partial charge in [-0.3, -0.25) is 4.99 Å². The zero-order valence-corrected chi connectivity index (χ0v) is 17.2. The number of nitrogens with one attached hydrogen (secondary N) is 1. The molecule has 2 aromatic carbocycles. The van der Waals surface area contributed by atoms with E-state index in [0.29, 0.717) is 19.1 Å². The van der Waals surface area contributed by atoms with Gasteiger partial charge >= 0.3 is 0 Å². The van der Waals surface area contributed by atoms with Gasteiger partial charge in [0, 0.05) is 23.0 Å². The predicted molar refractivity (Wildman–Crippen MR) is 112 cm³/mol. The average Bonchev–Trinajstić information content (AvgIpc) is 2.57. The zero-order valence-electron chi connectivity index (χ0n) is 13.2. The SMILES string of the molecule is I.NC(=NCCc1ccc(Br)cc1)NC1CCOc2ccccc21. The smallest absolute Gasteiger partial charge is 0.189 e. The number of aliphatic imine (C=N–C) groups is 1. The summed E-state index contributed by atoms with van der Waals surface area (Å²) < 4.78 is 6.75. The van der Waals surface area contributed by atoms with Crippen LogP contribution in [-0.4, -0.2) is 19.1 Å². The second kappa shape index (κ2) is 9.27. The standard InChI is InChI=1S/C18H20BrN3O.HI/c19-14-7-5-13(6-8-14)9-11-21-18(20)22-16-10-12-23-17-4-2-1-3-15(16)17;/h1-8,16H,9-12H2,(H3,20,21,22);1H. The van der Waals surface area contributed by atoms with Gasteiger partial charge in [0.15, 0.2) is 5.96 Å². The number of hydrogen-bond acceptors (Lipinski definition) is 2. The van der Waals surface area contributed by atoms with E-state index < -0.39 is 0 Å². The molecule has 4 nitrogen and oxygen atoms in total. The van der Waals surface area contributed by atoms with Crippen LogP contribution in [0.3, 0.4) is 0 Å². The second-order valence-corrected chi connectivity index (χ2v) is 6.43. The van der Waals surface area contributed by atoms with Gasteiger partial charge in [0.05, 0.1) is 12.6 Å². The Morgan fingerprint density at radius 2 is 1.96 bits per heavy atom. The molecular weight excluding hydrogens is 481 g/mol. The van der Waals surface area contributed by atoms with E-state index in [9.17, 15) is 0 Å². The molecule has 0 saturated heterocycles. The Morgan fingerprint density at radius 3 is 2.75 bits per heavy atom. The van der Waals surface area contributed by atoms with Crippen molar-refractivity contribution in [1.82, 2.24) is 5.32 Å². The second-order valence-electron chi connectivity index (χ2n) is 5.52. The molecule has 3 rings (SSSR count). The summed E-state index contributed by atoms with van der Waals surface area (Å²) in [5.74, 6) is 1.42. The van der Waals surface area contributed by atoms with E-state index in [4.69, 9.17) is 10.5 Å². The van der Waals surface area contributed by atoms with Gasteiger partial charge in [-0.2, -0.15) is 0 Å². The van der Waals surface area contributed by atoms with Gasteiger partial charge in [0.25, 0.3) is 0 Å². The van der Waals surface area contributed by atoms with E-state index in [0.717, 1.165) is 28.6 Å². The molecule has 3 N–H and O–H groups in total. The lowest BCUT2D eigenvalue weighted by Crippen LogP contribution is -2.37. The third kappa shape index (κ3) is 5.11. The Morgan fingerprint density at radius 1 is 1.21 bits per heavy atom. The number of nitrogens with two attached hydrogens (primary N) is 1. The molecule has 0 aromatic heterocycles. The van der Waals surface area contributed by atoms with Crippen LogP contribution >= 0.6 is 39.9 Å². The summed E-state index contributed by atoms with van der Waals surface area (Å²) in [4.78, 5) is 4.44. The molecule has 0 radical (unpaired) electrons. The maximum Gasteiger partial charge on any atom is 0.189 e. The fraction of sp³-hybridized carbons (Fsp3) is 0.278. The van der Waals surface area contributed by atoms with Crippen LogP contribution < -0.4 is 15.8 Å². The molecule has 0 saturated carbocycles. The molecule has 2 aromatic rings. The fourth-order valence-electron chi connectivity index (χ4n) is 2.67. The maximum absolute atomic E-state index is 6.04. The number of para-hydroxylation sites is 1. The highest BCUT2D eigenvalue weighted by atomic mass is 127. The van der Waals surface area contributed by atoms with Crippen molar-refractivity contribution >= 4 is 45.9 Å². The maximum atomic E-state index is 6.04.